The predicted molar refractivity (Wildman–Crippen MR) is 84.0 cm³/mol. The highest BCUT2D eigenvalue weighted by molar-refractivity contribution is 5.88. The fourth-order valence-corrected chi connectivity index (χ4v) is 2.06. The molecule has 2 aromatic carbocycles. The highest BCUT2D eigenvalue weighted by Crippen LogP contribution is 2.22. The van der Waals surface area contributed by atoms with Gasteiger partial charge in [0.1, 0.15) is 11.5 Å². The van der Waals surface area contributed by atoms with Crippen LogP contribution in [0.3, 0.4) is 0 Å². The number of hydrogen-bond donors (Lipinski definition) is 1. The third-order valence-electron chi connectivity index (χ3n) is 3.24. The van der Waals surface area contributed by atoms with Crippen LogP contribution < -0.4 is 9.47 Å². The first kappa shape index (κ1) is 15.5. The van der Waals surface area contributed by atoms with E-state index in [1.807, 2.05) is 18.2 Å². The van der Waals surface area contributed by atoms with Crippen molar-refractivity contribution in [2.45, 2.75) is 6.61 Å². The summed E-state index contributed by atoms with van der Waals surface area (Å²) in [5.74, 6) is 0.801. The lowest BCUT2D eigenvalue weighted by Crippen LogP contribution is -1.99. The summed E-state index contributed by atoms with van der Waals surface area (Å²) in [7, 11) is 1.58. The minimum absolute atomic E-state index is 0.0417. The van der Waals surface area contributed by atoms with Gasteiger partial charge in [-0.3, -0.25) is 0 Å². The van der Waals surface area contributed by atoms with Gasteiger partial charge in [0.15, 0.2) is 6.61 Å². The number of methoxy groups -OCH3 is 1. The first-order chi connectivity index (χ1) is 11.7. The molecule has 0 saturated carbocycles. The van der Waals surface area contributed by atoms with E-state index in [9.17, 15) is 4.79 Å². The molecule has 0 aliphatic carbocycles. The number of carboxylic acids is 1. The molecule has 0 aliphatic heterocycles. The van der Waals surface area contributed by atoms with Crippen LogP contribution in [-0.2, 0) is 6.61 Å². The van der Waals surface area contributed by atoms with E-state index < -0.39 is 5.97 Å². The molecule has 122 valence electrons. The van der Waals surface area contributed by atoms with Crippen molar-refractivity contribution in [2.75, 3.05) is 7.11 Å². The van der Waals surface area contributed by atoms with Gasteiger partial charge in [0, 0.05) is 5.56 Å². The zero-order valence-electron chi connectivity index (χ0n) is 12.8. The van der Waals surface area contributed by atoms with E-state index in [0.29, 0.717) is 17.3 Å². The van der Waals surface area contributed by atoms with Crippen LogP contribution in [0, 0.1) is 0 Å². The van der Waals surface area contributed by atoms with Crippen molar-refractivity contribution < 1.29 is 23.9 Å². The average molecular weight is 326 g/mol. The Morgan fingerprint density at radius 3 is 2.75 bits per heavy atom. The van der Waals surface area contributed by atoms with Gasteiger partial charge < -0.3 is 19.1 Å². The van der Waals surface area contributed by atoms with Gasteiger partial charge in [-0.15, -0.1) is 0 Å². The first-order valence-corrected chi connectivity index (χ1v) is 7.09. The third kappa shape index (κ3) is 3.52. The molecule has 0 aliphatic rings. The summed E-state index contributed by atoms with van der Waals surface area (Å²) >= 11 is 0. The van der Waals surface area contributed by atoms with E-state index in [0.717, 1.165) is 5.56 Å². The highest BCUT2D eigenvalue weighted by atomic mass is 16.5. The Kier molecular flexibility index (Phi) is 4.42. The number of ether oxygens (including phenoxy) is 2. The lowest BCUT2D eigenvalue weighted by atomic mass is 10.2. The smallest absolute Gasteiger partial charge is 0.335 e. The van der Waals surface area contributed by atoms with E-state index in [1.165, 1.54) is 12.1 Å². The highest BCUT2D eigenvalue weighted by Gasteiger charge is 2.11. The Balaban J connectivity index is 1.70. The molecule has 0 fully saturated rings. The topological polar surface area (TPSA) is 94.7 Å². The Hall–Kier alpha value is -3.35. The molecular formula is C17H14N2O5. The minimum atomic E-state index is -1.02. The average Bonchev–Trinajstić information content (AvgIpc) is 3.09. The van der Waals surface area contributed by atoms with E-state index >= 15 is 0 Å². The van der Waals surface area contributed by atoms with Gasteiger partial charge in [-0.1, -0.05) is 23.4 Å². The van der Waals surface area contributed by atoms with Crippen molar-refractivity contribution >= 4 is 5.97 Å². The monoisotopic (exact) mass is 326 g/mol. The second kappa shape index (κ2) is 6.82. The summed E-state index contributed by atoms with van der Waals surface area (Å²) in [6, 6.07) is 13.5. The summed E-state index contributed by atoms with van der Waals surface area (Å²) < 4.78 is 15.8. The number of benzene rings is 2. The lowest BCUT2D eigenvalue weighted by Gasteiger charge is -2.03. The summed E-state index contributed by atoms with van der Waals surface area (Å²) in [6.45, 7) is 0.0417. The molecule has 0 saturated heterocycles. The second-order valence-electron chi connectivity index (χ2n) is 4.87. The molecule has 7 heteroatoms. The number of rotatable bonds is 6. The molecule has 1 aromatic heterocycles. The lowest BCUT2D eigenvalue weighted by molar-refractivity contribution is 0.0696. The molecule has 0 spiro atoms. The minimum Gasteiger partial charge on any atom is -0.497 e. The van der Waals surface area contributed by atoms with Crippen LogP contribution in [0.2, 0.25) is 0 Å². The number of nitrogens with zero attached hydrogens (tertiary/aromatic N) is 2. The second-order valence-corrected chi connectivity index (χ2v) is 4.87. The van der Waals surface area contributed by atoms with Gasteiger partial charge in [-0.05, 0) is 30.3 Å². The van der Waals surface area contributed by atoms with Crippen LogP contribution in [0.4, 0.5) is 0 Å². The Labute approximate surface area is 137 Å². The largest absolute Gasteiger partial charge is 0.497 e. The zero-order valence-corrected chi connectivity index (χ0v) is 12.8. The maximum absolute atomic E-state index is 10.9. The standard InChI is InChI=1S/C17H14N2O5/c1-22-13-6-2-4-11(8-13)16-18-15(24-19-16)10-23-14-7-3-5-12(9-14)17(20)21/h2-9H,10H2,1H3,(H,20,21). The van der Waals surface area contributed by atoms with E-state index in [1.54, 1.807) is 25.3 Å². The molecule has 0 atom stereocenters. The van der Waals surface area contributed by atoms with Gasteiger partial charge in [-0.2, -0.15) is 4.98 Å². The quantitative estimate of drug-likeness (QED) is 0.744. The van der Waals surface area contributed by atoms with Gasteiger partial charge in [-0.25, -0.2) is 4.79 Å². The third-order valence-corrected chi connectivity index (χ3v) is 3.24. The Bertz CT molecular complexity index is 859. The maximum Gasteiger partial charge on any atom is 0.335 e. The zero-order chi connectivity index (χ0) is 16.9. The van der Waals surface area contributed by atoms with Gasteiger partial charge in [0.05, 0.1) is 12.7 Å². The van der Waals surface area contributed by atoms with Crippen LogP contribution in [0.1, 0.15) is 16.2 Å². The van der Waals surface area contributed by atoms with Gasteiger partial charge >= 0.3 is 5.97 Å². The summed E-state index contributed by atoms with van der Waals surface area (Å²) in [5.41, 5.74) is 0.910. The van der Waals surface area contributed by atoms with Crippen LogP contribution >= 0.6 is 0 Å². The van der Waals surface area contributed by atoms with Gasteiger partial charge in [0.25, 0.3) is 5.89 Å². The number of aromatic nitrogens is 2. The SMILES string of the molecule is COc1cccc(-c2noc(COc3cccc(C(=O)O)c3)n2)c1. The normalized spacial score (nSPS) is 10.4. The summed E-state index contributed by atoms with van der Waals surface area (Å²) in [6.07, 6.45) is 0. The number of hydrogen-bond acceptors (Lipinski definition) is 6. The molecule has 0 unspecified atom stereocenters. The number of aromatic carboxylic acids is 1. The van der Waals surface area contributed by atoms with Crippen LogP contribution in [0.5, 0.6) is 11.5 Å². The van der Waals surface area contributed by atoms with Gasteiger partial charge in [0.2, 0.25) is 5.82 Å². The van der Waals surface area contributed by atoms with Crippen molar-refractivity contribution in [1.82, 2.24) is 10.1 Å². The van der Waals surface area contributed by atoms with Crippen LogP contribution in [0.15, 0.2) is 53.1 Å². The molecule has 3 rings (SSSR count). The number of carbonyl (C=O) groups is 1. The van der Waals surface area contributed by atoms with E-state index in [2.05, 4.69) is 10.1 Å². The Morgan fingerprint density at radius 2 is 1.96 bits per heavy atom. The van der Waals surface area contributed by atoms with E-state index in [4.69, 9.17) is 19.1 Å². The summed E-state index contributed by atoms with van der Waals surface area (Å²) in [5, 5.41) is 12.9. The predicted octanol–water partition coefficient (Wildman–Crippen LogP) is 3.02. The molecule has 7 nitrogen and oxygen atoms in total. The molecule has 0 amide bonds. The molecule has 0 radical (unpaired) electrons. The fraction of sp³-hybridized carbons (Fsp3) is 0.118. The van der Waals surface area contributed by atoms with Crippen LogP contribution in [0.25, 0.3) is 11.4 Å². The maximum atomic E-state index is 10.9. The molecule has 24 heavy (non-hydrogen) atoms. The fourth-order valence-electron chi connectivity index (χ4n) is 2.06. The molecule has 3 aromatic rings. The van der Waals surface area contributed by atoms with Crippen molar-refractivity contribution in [2.24, 2.45) is 0 Å². The first-order valence-electron chi connectivity index (χ1n) is 7.09. The van der Waals surface area contributed by atoms with E-state index in [-0.39, 0.29) is 18.1 Å². The number of carboxylic acid groups (broad SMARTS) is 1. The molecular weight excluding hydrogens is 312 g/mol. The molecule has 1 N–H and O–H groups in total. The van der Waals surface area contributed by atoms with Crippen molar-refractivity contribution in [3.05, 3.63) is 60.0 Å². The Morgan fingerprint density at radius 1 is 1.17 bits per heavy atom. The van der Waals surface area contributed by atoms with Crippen LogP contribution in [-0.4, -0.2) is 28.3 Å². The van der Waals surface area contributed by atoms with Crippen molar-refractivity contribution in [1.29, 1.82) is 0 Å². The molecule has 1 heterocycles. The van der Waals surface area contributed by atoms with Crippen molar-refractivity contribution in [3.63, 3.8) is 0 Å². The summed E-state index contributed by atoms with van der Waals surface area (Å²) in [4.78, 5) is 15.2. The molecule has 0 bridgehead atoms. The van der Waals surface area contributed by atoms with Crippen molar-refractivity contribution in [3.8, 4) is 22.9 Å².